The Balaban J connectivity index is 1.38. The number of carbonyl (C=O) groups excluding carboxylic acids is 2. The molecule has 0 aromatic carbocycles. The number of hydrogen-bond acceptors (Lipinski definition) is 7. The average Bonchev–Trinajstić information content (AvgIpc) is 3.42. The zero-order valence-corrected chi connectivity index (χ0v) is 22.8. The Morgan fingerprint density at radius 2 is 2.00 bits per heavy atom. The largest absolute Gasteiger partial charge is 0.417 e. The summed E-state index contributed by atoms with van der Waals surface area (Å²) in [5, 5.41) is 21.6. The smallest absolute Gasteiger partial charge is 0.391 e. The van der Waals surface area contributed by atoms with Crippen LogP contribution in [0, 0.1) is 5.41 Å². The molecule has 38 heavy (non-hydrogen) atoms. The second-order valence-electron chi connectivity index (χ2n) is 10.7. The maximum atomic E-state index is 13.7. The van der Waals surface area contributed by atoms with Crippen LogP contribution in [0.1, 0.15) is 63.3 Å². The lowest BCUT2D eigenvalue weighted by Crippen LogP contribution is -2.50. The highest BCUT2D eigenvalue weighted by Crippen LogP contribution is 2.40. The van der Waals surface area contributed by atoms with Gasteiger partial charge in [0.25, 0.3) is 0 Å². The average molecular weight is 575 g/mol. The van der Waals surface area contributed by atoms with E-state index in [2.05, 4.69) is 20.6 Å². The molecule has 3 heterocycles. The third-order valence-electron chi connectivity index (χ3n) is 6.48. The van der Waals surface area contributed by atoms with Gasteiger partial charge in [0, 0.05) is 43.6 Å². The molecule has 208 valence electrons. The molecule has 2 amide bonds. The quantitative estimate of drug-likeness (QED) is 0.365. The van der Waals surface area contributed by atoms with Crippen LogP contribution in [0.15, 0.2) is 23.5 Å². The lowest BCUT2D eigenvalue weighted by molar-refractivity contribution is -0.144. The number of pyridine rings is 1. The summed E-state index contributed by atoms with van der Waals surface area (Å²) in [7, 11) is 0. The number of carbonyl (C=O) groups is 2. The Morgan fingerprint density at radius 1 is 1.29 bits per heavy atom. The van der Waals surface area contributed by atoms with Crippen LogP contribution >= 0.6 is 23.4 Å². The molecule has 0 spiro atoms. The van der Waals surface area contributed by atoms with E-state index in [9.17, 15) is 27.9 Å². The van der Waals surface area contributed by atoms with Crippen molar-refractivity contribution < 1.29 is 27.9 Å². The first-order valence-electron chi connectivity index (χ1n) is 12.3. The summed E-state index contributed by atoms with van der Waals surface area (Å²) in [6, 6.07) is -0.772. The monoisotopic (exact) mass is 574 g/mol. The van der Waals surface area contributed by atoms with E-state index in [4.69, 9.17) is 11.6 Å². The van der Waals surface area contributed by atoms with Crippen LogP contribution in [0.5, 0.6) is 0 Å². The number of amides is 2. The molecule has 2 aromatic rings. The molecule has 2 unspecified atom stereocenters. The zero-order valence-electron chi connectivity index (χ0n) is 21.2. The number of thioether (sulfide) groups is 1. The van der Waals surface area contributed by atoms with Gasteiger partial charge in [-0.25, -0.2) is 9.67 Å². The summed E-state index contributed by atoms with van der Waals surface area (Å²) < 4.78 is 40.0. The topological polar surface area (TPSA) is 113 Å². The Labute approximate surface area is 227 Å². The van der Waals surface area contributed by atoms with Crippen molar-refractivity contribution in [2.24, 2.45) is 5.41 Å². The number of rotatable bonds is 8. The molecule has 1 aliphatic heterocycles. The van der Waals surface area contributed by atoms with Crippen LogP contribution in [0.25, 0.3) is 0 Å². The van der Waals surface area contributed by atoms with Crippen molar-refractivity contribution in [2.75, 3.05) is 18.8 Å². The number of alkyl halides is 3. The number of hydrogen-bond donors (Lipinski definition) is 2. The highest BCUT2D eigenvalue weighted by molar-refractivity contribution is 7.99. The van der Waals surface area contributed by atoms with E-state index in [-0.39, 0.29) is 35.5 Å². The zero-order chi connectivity index (χ0) is 27.8. The molecule has 3 atom stereocenters. The first kappa shape index (κ1) is 28.6. The molecule has 2 fully saturated rings. The van der Waals surface area contributed by atoms with E-state index < -0.39 is 41.2 Å². The molecule has 4 rings (SSSR count). The number of likely N-dealkylation sites (tertiary alicyclic amines) is 1. The Morgan fingerprint density at radius 3 is 2.61 bits per heavy atom. The molecule has 0 bridgehead atoms. The molecule has 2 aliphatic rings. The van der Waals surface area contributed by atoms with Gasteiger partial charge in [0.1, 0.15) is 17.1 Å². The molecule has 1 saturated heterocycles. The number of aromatic nitrogens is 4. The fourth-order valence-electron chi connectivity index (χ4n) is 4.45. The van der Waals surface area contributed by atoms with Crippen LogP contribution < -0.4 is 5.32 Å². The minimum absolute atomic E-state index is 0.0213. The fourth-order valence-corrected chi connectivity index (χ4v) is 5.50. The summed E-state index contributed by atoms with van der Waals surface area (Å²) >= 11 is 7.04. The highest BCUT2D eigenvalue weighted by atomic mass is 35.5. The minimum Gasteiger partial charge on any atom is -0.391 e. The SMILES string of the molecule is CC(C)(C)[C@@H](C(=O)N1CC(O)CC1C(=O)NCCSc1ncc(C(F)(F)F)cc1Cl)n1cc(C2CC2)nn1. The second-order valence-corrected chi connectivity index (χ2v) is 12.2. The molecule has 1 aliphatic carbocycles. The van der Waals surface area contributed by atoms with Gasteiger partial charge in [0.05, 0.1) is 22.4 Å². The molecular weight excluding hydrogens is 545 g/mol. The van der Waals surface area contributed by atoms with Gasteiger partial charge in [-0.2, -0.15) is 13.2 Å². The van der Waals surface area contributed by atoms with Gasteiger partial charge in [-0.1, -0.05) is 37.6 Å². The van der Waals surface area contributed by atoms with E-state index in [0.717, 1.165) is 36.4 Å². The van der Waals surface area contributed by atoms with E-state index in [0.29, 0.717) is 17.9 Å². The number of β-amino-alcohol motifs (C(OH)–C–C–N with tert-alkyl or cyclic N) is 1. The van der Waals surface area contributed by atoms with Crippen LogP contribution in [0.4, 0.5) is 13.2 Å². The van der Waals surface area contributed by atoms with Crippen LogP contribution in [-0.4, -0.2) is 72.8 Å². The first-order chi connectivity index (χ1) is 17.8. The molecular formula is C24H30ClF3N6O3S. The number of nitrogens with one attached hydrogen (secondary N) is 1. The lowest BCUT2D eigenvalue weighted by Gasteiger charge is -2.34. The summed E-state index contributed by atoms with van der Waals surface area (Å²) in [4.78, 5) is 31.9. The van der Waals surface area contributed by atoms with Crippen molar-refractivity contribution in [1.82, 2.24) is 30.2 Å². The molecule has 1 saturated carbocycles. The Kier molecular flexibility index (Phi) is 8.29. The van der Waals surface area contributed by atoms with Crippen molar-refractivity contribution in [3.8, 4) is 0 Å². The third kappa shape index (κ3) is 6.60. The summed E-state index contributed by atoms with van der Waals surface area (Å²) in [6.07, 6.45) is -0.687. The highest BCUT2D eigenvalue weighted by Gasteiger charge is 2.45. The van der Waals surface area contributed by atoms with E-state index >= 15 is 0 Å². The van der Waals surface area contributed by atoms with Crippen molar-refractivity contribution in [2.45, 2.75) is 75.3 Å². The molecule has 14 heteroatoms. The number of aliphatic hydroxyl groups is 1. The van der Waals surface area contributed by atoms with Gasteiger partial charge in [0.2, 0.25) is 11.8 Å². The van der Waals surface area contributed by atoms with Crippen molar-refractivity contribution in [3.05, 3.63) is 34.7 Å². The molecule has 2 aromatic heterocycles. The Hall–Kier alpha value is -2.38. The van der Waals surface area contributed by atoms with E-state index in [1.807, 2.05) is 20.8 Å². The molecule has 0 radical (unpaired) electrons. The van der Waals surface area contributed by atoms with Crippen LogP contribution in [0.2, 0.25) is 5.02 Å². The van der Waals surface area contributed by atoms with Gasteiger partial charge in [-0.15, -0.1) is 16.9 Å². The lowest BCUT2D eigenvalue weighted by atomic mass is 9.85. The number of aliphatic hydroxyl groups excluding tert-OH is 1. The van der Waals surface area contributed by atoms with Gasteiger partial charge < -0.3 is 15.3 Å². The minimum atomic E-state index is -4.54. The third-order valence-corrected chi connectivity index (χ3v) is 7.89. The molecule has 9 nitrogen and oxygen atoms in total. The van der Waals surface area contributed by atoms with Crippen LogP contribution in [0.3, 0.4) is 0 Å². The van der Waals surface area contributed by atoms with Crippen LogP contribution in [-0.2, 0) is 15.8 Å². The summed E-state index contributed by atoms with van der Waals surface area (Å²) in [5.41, 5.74) is -0.624. The van der Waals surface area contributed by atoms with Crippen molar-refractivity contribution in [1.29, 1.82) is 0 Å². The first-order valence-corrected chi connectivity index (χ1v) is 13.7. The predicted molar refractivity (Wildman–Crippen MR) is 135 cm³/mol. The van der Waals surface area contributed by atoms with Gasteiger partial charge in [-0.05, 0) is 24.3 Å². The van der Waals surface area contributed by atoms with E-state index in [1.54, 1.807) is 10.9 Å². The summed E-state index contributed by atoms with van der Waals surface area (Å²) in [5.74, 6) is -0.0822. The van der Waals surface area contributed by atoms with Crippen molar-refractivity contribution >= 4 is 35.2 Å². The normalized spacial score (nSPS) is 21.0. The Bertz CT molecular complexity index is 1180. The van der Waals surface area contributed by atoms with Gasteiger partial charge >= 0.3 is 6.18 Å². The van der Waals surface area contributed by atoms with E-state index in [1.165, 1.54) is 4.90 Å². The standard InChI is InChI=1S/C24H30ClF3N6O3S/c1-23(2,3)19(34-12-17(31-32-34)13-4-5-13)22(37)33-11-15(35)9-18(33)20(36)29-6-7-38-21-16(25)8-14(10-30-21)24(26,27)28/h8,10,12-13,15,18-19,35H,4-7,9,11H2,1-3H3,(H,29,36)/t15?,18?,19-/m1/s1. The summed E-state index contributed by atoms with van der Waals surface area (Å²) in [6.45, 7) is 5.91. The second kappa shape index (κ2) is 11.0. The number of nitrogens with zero attached hydrogens (tertiary/aromatic N) is 5. The number of halogens is 4. The van der Waals surface area contributed by atoms with Gasteiger partial charge in [0.15, 0.2) is 0 Å². The predicted octanol–water partition coefficient (Wildman–Crippen LogP) is 3.68. The fraction of sp³-hybridized carbons (Fsp3) is 0.625. The van der Waals surface area contributed by atoms with Crippen molar-refractivity contribution in [3.63, 3.8) is 0 Å². The molecule has 2 N–H and O–H groups in total. The maximum absolute atomic E-state index is 13.7. The maximum Gasteiger partial charge on any atom is 0.417 e. The van der Waals surface area contributed by atoms with Gasteiger partial charge in [-0.3, -0.25) is 9.59 Å².